The molecule has 0 saturated carbocycles. The first-order valence-electron chi connectivity index (χ1n) is 6.12. The summed E-state index contributed by atoms with van der Waals surface area (Å²) < 4.78 is 0.990. The summed E-state index contributed by atoms with van der Waals surface area (Å²) in [6, 6.07) is 0. The Hall–Kier alpha value is -0.720. The molecule has 100 valence electrons. The Morgan fingerprint density at radius 3 is 2.58 bits per heavy atom. The number of hydrogen-bond donors (Lipinski definition) is 0. The molecule has 7 heteroatoms. The number of hydrogen-bond acceptors (Lipinski definition) is 5. The van der Waals surface area contributed by atoms with Crippen LogP contribution in [0.15, 0.2) is 15.2 Å². The van der Waals surface area contributed by atoms with Gasteiger partial charge in [-0.25, -0.2) is 0 Å². The molecule has 0 bridgehead atoms. The number of nitrogens with zero attached hydrogens (tertiary/aromatic N) is 4. The van der Waals surface area contributed by atoms with E-state index in [1.807, 2.05) is 10.8 Å². The van der Waals surface area contributed by atoms with Gasteiger partial charge in [0.2, 0.25) is 11.2 Å². The molecule has 19 heavy (non-hydrogen) atoms. The van der Waals surface area contributed by atoms with E-state index in [0.29, 0.717) is 11.8 Å². The van der Waals surface area contributed by atoms with Gasteiger partial charge in [0.05, 0.1) is 0 Å². The summed E-state index contributed by atoms with van der Waals surface area (Å²) in [6.45, 7) is 1.98. The van der Waals surface area contributed by atoms with E-state index >= 15 is 0 Å². The van der Waals surface area contributed by atoms with E-state index in [1.165, 1.54) is 19.3 Å². The van der Waals surface area contributed by atoms with E-state index in [2.05, 4.69) is 35.8 Å². The van der Waals surface area contributed by atoms with E-state index in [0.717, 1.165) is 23.1 Å². The molecule has 3 rings (SSSR count). The van der Waals surface area contributed by atoms with Gasteiger partial charge in [0.15, 0.2) is 5.82 Å². The summed E-state index contributed by atoms with van der Waals surface area (Å²) in [7, 11) is 0. The Bertz CT molecular complexity index is 583. The monoisotopic (exact) mass is 358 g/mol. The molecule has 0 amide bonds. The quantitative estimate of drug-likeness (QED) is 0.812. The lowest BCUT2D eigenvalue weighted by Gasteiger charge is -2.26. The van der Waals surface area contributed by atoms with Gasteiger partial charge in [-0.2, -0.15) is 26.3 Å². The lowest BCUT2D eigenvalue weighted by atomic mass is 10.1. The number of anilines is 1. The maximum absolute atomic E-state index is 6.04. The summed E-state index contributed by atoms with van der Waals surface area (Å²) in [5, 5.41) is 4.27. The zero-order valence-corrected chi connectivity index (χ0v) is 13.3. The predicted octanol–water partition coefficient (Wildman–Crippen LogP) is 4.01. The van der Waals surface area contributed by atoms with Crippen molar-refractivity contribution < 1.29 is 0 Å². The Balaban J connectivity index is 1.98. The van der Waals surface area contributed by atoms with Crippen molar-refractivity contribution >= 4 is 44.8 Å². The Morgan fingerprint density at radius 1 is 1.11 bits per heavy atom. The lowest BCUT2D eigenvalue weighted by molar-refractivity contribution is 0.567. The molecule has 2 aromatic heterocycles. The van der Waals surface area contributed by atoms with E-state index in [9.17, 15) is 0 Å². The first kappa shape index (κ1) is 13.3. The Kier molecular flexibility index (Phi) is 4.00. The molecular weight excluding hydrogens is 348 g/mol. The van der Waals surface area contributed by atoms with Gasteiger partial charge in [0.25, 0.3) is 0 Å². The third-order valence-electron chi connectivity index (χ3n) is 3.09. The Labute approximate surface area is 129 Å². The maximum atomic E-state index is 6.04. The van der Waals surface area contributed by atoms with Gasteiger partial charge in [-0.3, -0.25) is 0 Å². The second-order valence-electron chi connectivity index (χ2n) is 4.41. The van der Waals surface area contributed by atoms with Crippen molar-refractivity contribution in [2.24, 2.45) is 0 Å². The van der Waals surface area contributed by atoms with Gasteiger partial charge in [-0.05, 0) is 46.8 Å². The van der Waals surface area contributed by atoms with Gasteiger partial charge in [0.1, 0.15) is 0 Å². The van der Waals surface area contributed by atoms with Crippen LogP contribution < -0.4 is 4.90 Å². The summed E-state index contributed by atoms with van der Waals surface area (Å²) in [5.74, 6) is 1.32. The van der Waals surface area contributed by atoms with Crippen LogP contribution in [0.25, 0.3) is 11.4 Å². The minimum Gasteiger partial charge on any atom is -0.341 e. The zero-order valence-electron chi connectivity index (χ0n) is 10.1. The van der Waals surface area contributed by atoms with E-state index in [1.54, 1.807) is 11.3 Å². The van der Waals surface area contributed by atoms with E-state index in [4.69, 9.17) is 11.6 Å². The van der Waals surface area contributed by atoms with Crippen LogP contribution in [0.1, 0.15) is 19.3 Å². The number of rotatable bonds is 2. The fourth-order valence-electron chi connectivity index (χ4n) is 2.14. The van der Waals surface area contributed by atoms with Crippen LogP contribution in [-0.2, 0) is 0 Å². The van der Waals surface area contributed by atoms with Gasteiger partial charge in [0, 0.05) is 33.9 Å². The van der Waals surface area contributed by atoms with Crippen molar-refractivity contribution in [1.82, 2.24) is 15.0 Å². The van der Waals surface area contributed by atoms with Crippen LogP contribution in [0.2, 0.25) is 5.28 Å². The van der Waals surface area contributed by atoms with E-state index < -0.39 is 0 Å². The fourth-order valence-corrected chi connectivity index (χ4v) is 3.74. The highest BCUT2D eigenvalue weighted by Gasteiger charge is 2.17. The molecule has 0 aliphatic carbocycles. The standard InChI is InChI=1S/C12H12BrClN4S/c13-9-7-19-6-8(9)10-15-11(14)17-12(16-10)18-4-2-1-3-5-18/h6-7H,1-5H2. The van der Waals surface area contributed by atoms with Gasteiger partial charge in [-0.1, -0.05) is 0 Å². The van der Waals surface area contributed by atoms with Crippen LogP contribution in [0.5, 0.6) is 0 Å². The normalized spacial score (nSPS) is 15.8. The summed E-state index contributed by atoms with van der Waals surface area (Å²) >= 11 is 11.1. The summed E-state index contributed by atoms with van der Waals surface area (Å²) in [6.07, 6.45) is 3.64. The van der Waals surface area contributed by atoms with E-state index in [-0.39, 0.29) is 5.28 Å². The van der Waals surface area contributed by atoms with Crippen LogP contribution in [0.4, 0.5) is 5.95 Å². The highest BCUT2D eigenvalue weighted by Crippen LogP contribution is 2.30. The molecule has 0 N–H and O–H groups in total. The molecule has 0 aromatic carbocycles. The molecule has 0 radical (unpaired) electrons. The van der Waals surface area contributed by atoms with Crippen molar-refractivity contribution in [1.29, 1.82) is 0 Å². The first-order chi connectivity index (χ1) is 9.24. The molecule has 1 aliphatic rings. The van der Waals surface area contributed by atoms with Crippen molar-refractivity contribution in [2.75, 3.05) is 18.0 Å². The predicted molar refractivity (Wildman–Crippen MR) is 81.9 cm³/mol. The topological polar surface area (TPSA) is 41.9 Å². The number of thiophene rings is 1. The fraction of sp³-hybridized carbons (Fsp3) is 0.417. The number of piperidine rings is 1. The smallest absolute Gasteiger partial charge is 0.230 e. The van der Waals surface area contributed by atoms with Crippen molar-refractivity contribution in [3.8, 4) is 11.4 Å². The van der Waals surface area contributed by atoms with Crippen molar-refractivity contribution in [3.05, 3.63) is 20.5 Å². The van der Waals surface area contributed by atoms with Crippen molar-refractivity contribution in [2.45, 2.75) is 19.3 Å². The second-order valence-corrected chi connectivity index (χ2v) is 6.35. The molecule has 0 unspecified atom stereocenters. The second kappa shape index (κ2) is 5.73. The molecular formula is C12H12BrClN4S. The molecule has 0 atom stereocenters. The molecule has 1 saturated heterocycles. The average Bonchev–Trinajstić information content (AvgIpc) is 2.85. The van der Waals surface area contributed by atoms with Crippen molar-refractivity contribution in [3.63, 3.8) is 0 Å². The lowest BCUT2D eigenvalue weighted by Crippen LogP contribution is -2.31. The third-order valence-corrected chi connectivity index (χ3v) is 4.96. The molecule has 0 spiro atoms. The highest BCUT2D eigenvalue weighted by molar-refractivity contribution is 9.10. The molecule has 1 aliphatic heterocycles. The van der Waals surface area contributed by atoms with Crippen LogP contribution in [-0.4, -0.2) is 28.0 Å². The molecule has 1 fully saturated rings. The first-order valence-corrected chi connectivity index (χ1v) is 8.24. The molecule has 2 aromatic rings. The van der Waals surface area contributed by atoms with Crippen LogP contribution >= 0.6 is 38.9 Å². The van der Waals surface area contributed by atoms with Gasteiger partial charge in [-0.15, -0.1) is 0 Å². The zero-order chi connectivity index (χ0) is 13.2. The van der Waals surface area contributed by atoms with Gasteiger partial charge >= 0.3 is 0 Å². The largest absolute Gasteiger partial charge is 0.341 e. The number of halogens is 2. The van der Waals surface area contributed by atoms with Crippen LogP contribution in [0, 0.1) is 0 Å². The Morgan fingerprint density at radius 2 is 1.89 bits per heavy atom. The minimum absolute atomic E-state index is 0.253. The SMILES string of the molecule is Clc1nc(-c2cscc2Br)nc(N2CCCCC2)n1. The average molecular weight is 360 g/mol. The molecule has 3 heterocycles. The molecule has 4 nitrogen and oxygen atoms in total. The summed E-state index contributed by atoms with van der Waals surface area (Å²) in [4.78, 5) is 15.2. The van der Waals surface area contributed by atoms with Gasteiger partial charge < -0.3 is 4.90 Å². The third kappa shape index (κ3) is 2.90. The summed E-state index contributed by atoms with van der Waals surface area (Å²) in [5.41, 5.74) is 0.965. The highest BCUT2D eigenvalue weighted by atomic mass is 79.9. The number of aromatic nitrogens is 3. The minimum atomic E-state index is 0.253. The van der Waals surface area contributed by atoms with Crippen LogP contribution in [0.3, 0.4) is 0 Å². The maximum Gasteiger partial charge on any atom is 0.230 e.